The number of ether oxygens (including phenoxy) is 1. The van der Waals surface area contributed by atoms with E-state index in [-0.39, 0.29) is 35.7 Å². The van der Waals surface area contributed by atoms with Crippen molar-refractivity contribution in [1.82, 2.24) is 14.7 Å². The summed E-state index contributed by atoms with van der Waals surface area (Å²) in [7, 11) is 1.62. The lowest BCUT2D eigenvalue weighted by atomic mass is 9.92. The molecule has 2 N–H and O–H groups in total. The van der Waals surface area contributed by atoms with Gasteiger partial charge in [-0.15, -0.1) is 0 Å². The number of urea groups is 1. The van der Waals surface area contributed by atoms with Crippen LogP contribution in [0.4, 0.5) is 16.3 Å². The maximum Gasteiger partial charge on any atom is 0.322 e. The number of nitrogens with zero attached hydrogens (tertiary/aromatic N) is 3. The van der Waals surface area contributed by atoms with Crippen LogP contribution in [-0.2, 0) is 10.2 Å². The van der Waals surface area contributed by atoms with Crippen molar-refractivity contribution in [2.75, 3.05) is 30.8 Å². The zero-order valence-electron chi connectivity index (χ0n) is 27.0. The van der Waals surface area contributed by atoms with Crippen LogP contribution < -0.4 is 15.4 Å². The maximum atomic E-state index is 13.8. The molecule has 42 heavy (non-hydrogen) atoms. The molecule has 228 valence electrons. The molecular weight excluding hydrogens is 526 g/mol. The Labute approximate surface area is 251 Å². The van der Waals surface area contributed by atoms with Gasteiger partial charge in [-0.05, 0) is 59.6 Å². The first-order valence-electron chi connectivity index (χ1n) is 14.9. The van der Waals surface area contributed by atoms with Gasteiger partial charge < -0.3 is 20.3 Å². The van der Waals surface area contributed by atoms with Crippen molar-refractivity contribution in [3.05, 3.63) is 65.4 Å². The van der Waals surface area contributed by atoms with E-state index in [1.165, 1.54) is 0 Å². The molecule has 1 aromatic heterocycles. The van der Waals surface area contributed by atoms with E-state index in [1.54, 1.807) is 16.7 Å². The smallest absolute Gasteiger partial charge is 0.322 e. The quantitative estimate of drug-likeness (QED) is 0.243. The summed E-state index contributed by atoms with van der Waals surface area (Å²) in [4.78, 5) is 28.9. The van der Waals surface area contributed by atoms with Gasteiger partial charge in [0.25, 0.3) is 0 Å². The number of aromatic nitrogens is 2. The van der Waals surface area contributed by atoms with Gasteiger partial charge in [0.2, 0.25) is 5.91 Å². The molecule has 3 aromatic rings. The fraction of sp³-hybridized carbons (Fsp3) is 0.500. The van der Waals surface area contributed by atoms with Crippen molar-refractivity contribution >= 4 is 23.4 Å². The highest BCUT2D eigenvalue weighted by Gasteiger charge is 2.25. The Kier molecular flexibility index (Phi) is 10.8. The molecule has 2 aromatic carbocycles. The minimum atomic E-state index is -0.287. The Morgan fingerprint density at radius 2 is 1.52 bits per heavy atom. The Bertz CT molecular complexity index is 1320. The fourth-order valence-electron chi connectivity index (χ4n) is 4.66. The van der Waals surface area contributed by atoms with Gasteiger partial charge in [0.1, 0.15) is 18.1 Å². The zero-order valence-corrected chi connectivity index (χ0v) is 27.0. The minimum absolute atomic E-state index is 0.0853. The third kappa shape index (κ3) is 8.37. The number of nitrogens with one attached hydrogen (secondary N) is 2. The lowest BCUT2D eigenvalue weighted by Crippen LogP contribution is -2.42. The molecule has 8 heteroatoms. The van der Waals surface area contributed by atoms with Crippen molar-refractivity contribution < 1.29 is 14.3 Å². The van der Waals surface area contributed by atoms with Gasteiger partial charge in [-0.2, -0.15) is 5.10 Å². The van der Waals surface area contributed by atoms with Crippen LogP contribution >= 0.6 is 0 Å². The Morgan fingerprint density at radius 1 is 0.929 bits per heavy atom. The number of amides is 3. The summed E-state index contributed by atoms with van der Waals surface area (Å²) < 4.78 is 7.03. The van der Waals surface area contributed by atoms with E-state index in [0.717, 1.165) is 40.4 Å². The first-order valence-corrected chi connectivity index (χ1v) is 14.9. The van der Waals surface area contributed by atoms with E-state index in [9.17, 15) is 9.59 Å². The van der Waals surface area contributed by atoms with E-state index in [4.69, 9.17) is 9.84 Å². The van der Waals surface area contributed by atoms with Crippen molar-refractivity contribution in [2.45, 2.75) is 86.0 Å². The van der Waals surface area contributed by atoms with Gasteiger partial charge in [-0.1, -0.05) is 80.5 Å². The van der Waals surface area contributed by atoms with Gasteiger partial charge in [0, 0.05) is 23.7 Å². The second kappa shape index (κ2) is 13.9. The molecule has 0 aliphatic carbocycles. The second-order valence-electron chi connectivity index (χ2n) is 13.0. The van der Waals surface area contributed by atoms with Crippen LogP contribution in [-0.4, -0.2) is 46.8 Å². The molecule has 0 aliphatic rings. The van der Waals surface area contributed by atoms with Gasteiger partial charge in [0.15, 0.2) is 0 Å². The Morgan fingerprint density at radius 3 is 2.02 bits per heavy atom. The molecule has 0 saturated heterocycles. The van der Waals surface area contributed by atoms with Crippen molar-refractivity contribution in [1.29, 1.82) is 0 Å². The van der Waals surface area contributed by atoms with Crippen molar-refractivity contribution in [3.63, 3.8) is 0 Å². The molecule has 3 amide bonds. The van der Waals surface area contributed by atoms with E-state index < -0.39 is 0 Å². The van der Waals surface area contributed by atoms with Crippen molar-refractivity contribution in [3.8, 4) is 11.4 Å². The number of rotatable bonds is 11. The SMILES string of the molecule is COc1ccc(-n2nc(C(C)(C)C)cc2NC(=O)CN(CCC(C)C)C(=O)Nc2c(C(C)C)cccc2C(C)C)cc1. The van der Waals surface area contributed by atoms with Gasteiger partial charge in [-0.25, -0.2) is 9.48 Å². The molecule has 0 bridgehead atoms. The third-order valence-corrected chi connectivity index (χ3v) is 7.27. The third-order valence-electron chi connectivity index (χ3n) is 7.27. The summed E-state index contributed by atoms with van der Waals surface area (Å²) >= 11 is 0. The summed E-state index contributed by atoms with van der Waals surface area (Å²) in [5.74, 6) is 1.85. The molecule has 0 unspecified atom stereocenters. The number of benzene rings is 2. The van der Waals surface area contributed by atoms with Crippen LogP contribution in [0.3, 0.4) is 0 Å². The Hall–Kier alpha value is -3.81. The van der Waals surface area contributed by atoms with Crippen LogP contribution in [0, 0.1) is 5.92 Å². The molecule has 8 nitrogen and oxygen atoms in total. The number of para-hydroxylation sites is 1. The molecule has 0 saturated carbocycles. The maximum absolute atomic E-state index is 13.8. The van der Waals surface area contributed by atoms with Crippen LogP contribution in [0.25, 0.3) is 5.69 Å². The summed E-state index contributed by atoms with van der Waals surface area (Å²) in [5.41, 5.74) is 4.42. The highest BCUT2D eigenvalue weighted by Crippen LogP contribution is 2.33. The van der Waals surface area contributed by atoms with Crippen molar-refractivity contribution in [2.24, 2.45) is 5.92 Å². The first kappa shape index (κ1) is 32.7. The molecule has 0 aliphatic heterocycles. The van der Waals surface area contributed by atoms with E-state index in [1.807, 2.05) is 36.4 Å². The Balaban J connectivity index is 1.89. The van der Waals surface area contributed by atoms with Gasteiger partial charge in [-0.3, -0.25) is 4.79 Å². The number of hydrogen-bond donors (Lipinski definition) is 2. The summed E-state index contributed by atoms with van der Waals surface area (Å²) in [6.07, 6.45) is 0.779. The lowest BCUT2D eigenvalue weighted by Gasteiger charge is -2.26. The monoisotopic (exact) mass is 575 g/mol. The largest absolute Gasteiger partial charge is 0.497 e. The van der Waals surface area contributed by atoms with Crippen LogP contribution in [0.5, 0.6) is 5.75 Å². The number of carbonyl (C=O) groups excluding carboxylic acids is 2. The number of carbonyl (C=O) groups is 2. The van der Waals surface area contributed by atoms with E-state index in [2.05, 4.69) is 85.1 Å². The van der Waals surface area contributed by atoms with Crippen LogP contribution in [0.15, 0.2) is 48.5 Å². The predicted octanol–water partition coefficient (Wildman–Crippen LogP) is 7.94. The number of hydrogen-bond acceptors (Lipinski definition) is 4. The standard InChI is InChI=1S/C34H49N5O3/c1-22(2)18-19-38(33(41)36-32-27(23(3)4)12-11-13-28(32)24(5)6)21-31(40)35-30-20-29(34(7,8)9)37-39(30)25-14-16-26(42-10)17-15-25/h11-17,20,22-24H,18-19,21H2,1-10H3,(H,35,40)(H,36,41). The average molecular weight is 576 g/mol. The number of anilines is 2. The summed E-state index contributed by atoms with van der Waals surface area (Å²) in [5, 5.41) is 11.0. The highest BCUT2D eigenvalue weighted by atomic mass is 16.5. The van der Waals surface area contributed by atoms with Crippen LogP contribution in [0.2, 0.25) is 0 Å². The molecule has 1 heterocycles. The second-order valence-corrected chi connectivity index (χ2v) is 13.0. The summed E-state index contributed by atoms with van der Waals surface area (Å²) in [6.45, 7) is 19.3. The number of methoxy groups -OCH3 is 1. The van der Waals surface area contributed by atoms with E-state index in [0.29, 0.717) is 18.3 Å². The minimum Gasteiger partial charge on any atom is -0.497 e. The summed E-state index contributed by atoms with van der Waals surface area (Å²) in [6, 6.07) is 15.3. The highest BCUT2D eigenvalue weighted by molar-refractivity contribution is 5.97. The fourth-order valence-corrected chi connectivity index (χ4v) is 4.66. The average Bonchev–Trinajstić information content (AvgIpc) is 3.35. The molecule has 0 fully saturated rings. The van der Waals surface area contributed by atoms with Gasteiger partial charge in [0.05, 0.1) is 18.5 Å². The lowest BCUT2D eigenvalue weighted by molar-refractivity contribution is -0.116. The van der Waals surface area contributed by atoms with E-state index >= 15 is 0 Å². The first-order chi connectivity index (χ1) is 19.7. The molecule has 0 spiro atoms. The topological polar surface area (TPSA) is 88.5 Å². The van der Waals surface area contributed by atoms with Crippen LogP contribution in [0.1, 0.15) is 97.4 Å². The van der Waals surface area contributed by atoms with Gasteiger partial charge >= 0.3 is 6.03 Å². The molecule has 3 rings (SSSR count). The normalized spacial score (nSPS) is 11.7. The molecule has 0 atom stereocenters. The zero-order chi connectivity index (χ0) is 31.2. The predicted molar refractivity (Wildman–Crippen MR) is 172 cm³/mol. The molecular formula is C34H49N5O3. The molecule has 0 radical (unpaired) electrons.